The van der Waals surface area contributed by atoms with Crippen LogP contribution in [0.15, 0.2) is 0 Å². The van der Waals surface area contributed by atoms with Crippen LogP contribution in [0.5, 0.6) is 0 Å². The van der Waals surface area contributed by atoms with Gasteiger partial charge in [-0.2, -0.15) is 0 Å². The highest BCUT2D eigenvalue weighted by atomic mass is 16.3. The van der Waals surface area contributed by atoms with Gasteiger partial charge in [0.1, 0.15) is 0 Å². The molecule has 0 aromatic rings. The quantitative estimate of drug-likeness (QED) is 0.622. The molecule has 1 amide bonds. The zero-order chi connectivity index (χ0) is 11.3. The maximum atomic E-state index is 11.6. The van der Waals surface area contributed by atoms with Crippen LogP contribution in [-0.4, -0.2) is 48.7 Å². The van der Waals surface area contributed by atoms with Crippen molar-refractivity contribution >= 4 is 5.91 Å². The average molecular weight is 214 g/mol. The Bertz CT molecular complexity index is 203. The van der Waals surface area contributed by atoms with E-state index in [4.69, 9.17) is 5.11 Å². The van der Waals surface area contributed by atoms with Crippen LogP contribution < -0.4 is 5.32 Å². The molecule has 1 aliphatic rings. The van der Waals surface area contributed by atoms with Crippen molar-refractivity contribution in [2.45, 2.75) is 32.3 Å². The Morgan fingerprint density at radius 1 is 1.53 bits per heavy atom. The van der Waals surface area contributed by atoms with E-state index >= 15 is 0 Å². The predicted octanol–water partition coefficient (Wildman–Crippen LogP) is 0.215. The number of carbonyl (C=O) groups excluding carboxylic acids is 1. The molecule has 88 valence electrons. The van der Waals surface area contributed by atoms with Crippen molar-refractivity contribution in [3.63, 3.8) is 0 Å². The zero-order valence-corrected chi connectivity index (χ0v) is 9.70. The Morgan fingerprint density at radius 2 is 2.20 bits per heavy atom. The third kappa shape index (κ3) is 4.18. The van der Waals surface area contributed by atoms with Crippen molar-refractivity contribution in [1.29, 1.82) is 0 Å². The topological polar surface area (TPSA) is 52.6 Å². The van der Waals surface area contributed by atoms with Gasteiger partial charge in [0.15, 0.2) is 0 Å². The van der Waals surface area contributed by atoms with E-state index in [2.05, 4.69) is 12.2 Å². The maximum Gasteiger partial charge on any atom is 0.236 e. The van der Waals surface area contributed by atoms with Gasteiger partial charge in [-0.1, -0.05) is 6.92 Å². The van der Waals surface area contributed by atoms with E-state index < -0.39 is 0 Å². The molecule has 0 aliphatic heterocycles. The van der Waals surface area contributed by atoms with Crippen molar-refractivity contribution in [2.75, 3.05) is 26.7 Å². The first-order valence-corrected chi connectivity index (χ1v) is 5.76. The van der Waals surface area contributed by atoms with E-state index in [0.717, 1.165) is 32.4 Å². The van der Waals surface area contributed by atoms with Crippen molar-refractivity contribution in [3.05, 3.63) is 0 Å². The summed E-state index contributed by atoms with van der Waals surface area (Å²) in [5, 5.41) is 12.2. The number of likely N-dealkylation sites (N-methyl/N-ethyl adjacent to an activating group) is 1. The van der Waals surface area contributed by atoms with Gasteiger partial charge in [-0.25, -0.2) is 0 Å². The normalized spacial score (nSPS) is 24.7. The second kappa shape index (κ2) is 6.08. The van der Waals surface area contributed by atoms with E-state index in [-0.39, 0.29) is 12.0 Å². The molecule has 0 saturated heterocycles. The van der Waals surface area contributed by atoms with Crippen molar-refractivity contribution in [1.82, 2.24) is 10.2 Å². The van der Waals surface area contributed by atoms with E-state index in [1.165, 1.54) is 0 Å². The van der Waals surface area contributed by atoms with Crippen molar-refractivity contribution < 1.29 is 9.90 Å². The fraction of sp³-hybridized carbons (Fsp3) is 0.909. The number of rotatable bonds is 6. The molecule has 0 spiro atoms. The molecule has 1 rings (SSSR count). The first kappa shape index (κ1) is 12.5. The third-order valence-electron chi connectivity index (χ3n) is 2.87. The van der Waals surface area contributed by atoms with Gasteiger partial charge in [0.25, 0.3) is 0 Å². The molecule has 15 heavy (non-hydrogen) atoms. The van der Waals surface area contributed by atoms with Crippen LogP contribution in [0.3, 0.4) is 0 Å². The van der Waals surface area contributed by atoms with Crippen LogP contribution in [0, 0.1) is 5.92 Å². The molecule has 4 nitrogen and oxygen atoms in total. The number of nitrogens with zero attached hydrogens (tertiary/aromatic N) is 1. The summed E-state index contributed by atoms with van der Waals surface area (Å²) in [5.74, 6) is 0.643. The smallest absolute Gasteiger partial charge is 0.236 e. The minimum absolute atomic E-state index is 0.128. The molecule has 0 heterocycles. The molecule has 0 aromatic heterocycles. The number of amides is 1. The lowest BCUT2D eigenvalue weighted by atomic mass is 9.82. The van der Waals surface area contributed by atoms with Crippen LogP contribution in [0.25, 0.3) is 0 Å². The average Bonchev–Trinajstić information content (AvgIpc) is 2.15. The summed E-state index contributed by atoms with van der Waals surface area (Å²) in [4.78, 5) is 13.3. The molecule has 2 N–H and O–H groups in total. The second-order valence-corrected chi connectivity index (χ2v) is 4.44. The first-order valence-electron chi connectivity index (χ1n) is 5.76. The summed E-state index contributed by atoms with van der Waals surface area (Å²) >= 11 is 0. The van der Waals surface area contributed by atoms with Crippen LogP contribution in [0.4, 0.5) is 0 Å². The van der Waals surface area contributed by atoms with Gasteiger partial charge in [0.05, 0.1) is 12.6 Å². The summed E-state index contributed by atoms with van der Waals surface area (Å²) in [6, 6.07) is 0. The number of carbonyl (C=O) groups is 1. The first-order chi connectivity index (χ1) is 7.13. The number of nitrogens with one attached hydrogen (secondary N) is 1. The summed E-state index contributed by atoms with van der Waals surface area (Å²) in [6.07, 6.45) is 2.61. The van der Waals surface area contributed by atoms with Gasteiger partial charge in [0.2, 0.25) is 5.91 Å². The Labute approximate surface area is 91.6 Å². The van der Waals surface area contributed by atoms with E-state index in [9.17, 15) is 4.79 Å². The fourth-order valence-corrected chi connectivity index (χ4v) is 1.85. The SMILES string of the molecule is CCCNCC(=O)N(C)CC1CC(O)C1. The number of aliphatic hydroxyl groups is 1. The third-order valence-corrected chi connectivity index (χ3v) is 2.87. The van der Waals surface area contributed by atoms with Gasteiger partial charge >= 0.3 is 0 Å². The van der Waals surface area contributed by atoms with Crippen LogP contribution >= 0.6 is 0 Å². The van der Waals surface area contributed by atoms with E-state index in [1.807, 2.05) is 7.05 Å². The predicted molar refractivity (Wildman–Crippen MR) is 59.5 cm³/mol. The maximum absolute atomic E-state index is 11.6. The number of hydrogen-bond donors (Lipinski definition) is 2. The largest absolute Gasteiger partial charge is 0.393 e. The molecule has 0 atom stereocenters. The summed E-state index contributed by atoms with van der Waals surface area (Å²) < 4.78 is 0. The minimum atomic E-state index is -0.128. The highest BCUT2D eigenvalue weighted by Gasteiger charge is 2.28. The fourth-order valence-electron chi connectivity index (χ4n) is 1.85. The standard InChI is InChI=1S/C11H22N2O2/c1-3-4-12-7-11(15)13(2)8-9-5-10(14)6-9/h9-10,12,14H,3-8H2,1-2H3. The molecular weight excluding hydrogens is 192 g/mol. The molecule has 1 fully saturated rings. The Morgan fingerprint density at radius 3 is 2.73 bits per heavy atom. The molecule has 0 bridgehead atoms. The highest BCUT2D eigenvalue weighted by Crippen LogP contribution is 2.27. The highest BCUT2D eigenvalue weighted by molar-refractivity contribution is 5.77. The lowest BCUT2D eigenvalue weighted by Crippen LogP contribution is -2.42. The molecule has 4 heteroatoms. The molecule has 1 aliphatic carbocycles. The number of hydrogen-bond acceptors (Lipinski definition) is 3. The van der Waals surface area contributed by atoms with Crippen molar-refractivity contribution in [2.24, 2.45) is 5.92 Å². The molecular formula is C11H22N2O2. The summed E-state index contributed by atoms with van der Waals surface area (Å²) in [5.41, 5.74) is 0. The zero-order valence-electron chi connectivity index (χ0n) is 9.70. The minimum Gasteiger partial charge on any atom is -0.393 e. The van der Waals surface area contributed by atoms with E-state index in [1.54, 1.807) is 4.90 Å². The Balaban J connectivity index is 2.10. The van der Waals surface area contributed by atoms with Crippen molar-refractivity contribution in [3.8, 4) is 0 Å². The molecule has 1 saturated carbocycles. The Kier molecular flexibility index (Phi) is 5.05. The number of aliphatic hydroxyl groups excluding tert-OH is 1. The van der Waals surface area contributed by atoms with Gasteiger partial charge in [-0.15, -0.1) is 0 Å². The van der Waals surface area contributed by atoms with Crippen LogP contribution in [0.2, 0.25) is 0 Å². The van der Waals surface area contributed by atoms with E-state index in [0.29, 0.717) is 12.5 Å². The second-order valence-electron chi connectivity index (χ2n) is 4.44. The summed E-state index contributed by atoms with van der Waals surface area (Å²) in [7, 11) is 1.83. The van der Waals surface area contributed by atoms with Gasteiger partial charge in [-0.05, 0) is 31.7 Å². The lowest BCUT2D eigenvalue weighted by molar-refractivity contribution is -0.130. The van der Waals surface area contributed by atoms with Gasteiger partial charge in [-0.3, -0.25) is 4.79 Å². The van der Waals surface area contributed by atoms with Gasteiger partial charge in [0, 0.05) is 13.6 Å². The Hall–Kier alpha value is -0.610. The monoisotopic (exact) mass is 214 g/mol. The molecule has 0 radical (unpaired) electrons. The van der Waals surface area contributed by atoms with Gasteiger partial charge < -0.3 is 15.3 Å². The molecule has 0 unspecified atom stereocenters. The molecule has 0 aromatic carbocycles. The summed E-state index contributed by atoms with van der Waals surface area (Å²) in [6.45, 7) is 4.18. The lowest BCUT2D eigenvalue weighted by Gasteiger charge is -2.34. The van der Waals surface area contributed by atoms with Crippen LogP contribution in [-0.2, 0) is 4.79 Å². The van der Waals surface area contributed by atoms with Crippen LogP contribution in [0.1, 0.15) is 26.2 Å².